The number of phenols is 1. The Morgan fingerprint density at radius 2 is 1.84 bits per heavy atom. The number of benzene rings is 2. The van der Waals surface area contributed by atoms with Crippen molar-refractivity contribution in [2.75, 3.05) is 11.9 Å². The molecule has 8 heteroatoms. The molecule has 0 aliphatic heterocycles. The van der Waals surface area contributed by atoms with Crippen molar-refractivity contribution in [2.45, 2.75) is 13.1 Å². The minimum absolute atomic E-state index is 0.117. The van der Waals surface area contributed by atoms with E-state index in [0.717, 1.165) is 12.1 Å². The third-order valence-electron chi connectivity index (χ3n) is 3.28. The first-order valence-corrected chi connectivity index (χ1v) is 7.29. The second kappa shape index (κ2) is 7.69. The van der Waals surface area contributed by atoms with Crippen molar-refractivity contribution < 1.29 is 23.1 Å². The number of halogens is 3. The Labute approximate surface area is 142 Å². The van der Waals surface area contributed by atoms with Crippen LogP contribution in [0.4, 0.5) is 18.9 Å². The van der Waals surface area contributed by atoms with Gasteiger partial charge >= 0.3 is 6.18 Å². The highest BCUT2D eigenvalue weighted by Gasteiger charge is 2.30. The summed E-state index contributed by atoms with van der Waals surface area (Å²) in [6, 6.07) is 10.8. The molecule has 25 heavy (non-hydrogen) atoms. The Morgan fingerprint density at radius 1 is 1.16 bits per heavy atom. The Morgan fingerprint density at radius 3 is 2.48 bits per heavy atom. The topological polar surface area (TPSA) is 73.7 Å². The smallest absolute Gasteiger partial charge is 0.416 e. The highest BCUT2D eigenvalue weighted by Crippen LogP contribution is 2.30. The van der Waals surface area contributed by atoms with E-state index in [1.165, 1.54) is 24.3 Å². The van der Waals surface area contributed by atoms with E-state index in [0.29, 0.717) is 11.3 Å². The van der Waals surface area contributed by atoms with E-state index in [4.69, 9.17) is 0 Å². The Balaban J connectivity index is 1.90. The van der Waals surface area contributed by atoms with Gasteiger partial charge in [0.15, 0.2) is 0 Å². The maximum Gasteiger partial charge on any atom is 0.416 e. The fourth-order valence-corrected chi connectivity index (χ4v) is 1.94. The van der Waals surface area contributed by atoms with Crippen molar-refractivity contribution in [3.8, 4) is 5.75 Å². The molecule has 0 saturated heterocycles. The van der Waals surface area contributed by atoms with E-state index in [1.54, 1.807) is 19.1 Å². The zero-order valence-electron chi connectivity index (χ0n) is 13.3. The number of hydrazone groups is 1. The number of alkyl halides is 3. The Kier molecular flexibility index (Phi) is 5.63. The predicted octanol–water partition coefficient (Wildman–Crippen LogP) is 3.36. The lowest BCUT2D eigenvalue weighted by atomic mass is 10.1. The van der Waals surface area contributed by atoms with Gasteiger partial charge in [0.1, 0.15) is 5.75 Å². The number of nitrogens with one attached hydrogen (secondary N) is 2. The maximum atomic E-state index is 12.6. The van der Waals surface area contributed by atoms with E-state index in [2.05, 4.69) is 15.8 Å². The van der Waals surface area contributed by atoms with Crippen LogP contribution in [-0.2, 0) is 11.0 Å². The van der Waals surface area contributed by atoms with Crippen molar-refractivity contribution in [3.05, 3.63) is 59.7 Å². The van der Waals surface area contributed by atoms with Crippen molar-refractivity contribution in [2.24, 2.45) is 5.10 Å². The van der Waals surface area contributed by atoms with E-state index in [-0.39, 0.29) is 18.0 Å². The highest BCUT2D eigenvalue weighted by atomic mass is 19.4. The van der Waals surface area contributed by atoms with E-state index in [1.807, 2.05) is 0 Å². The number of hydrogen-bond donors (Lipinski definition) is 3. The van der Waals surface area contributed by atoms with Crippen LogP contribution >= 0.6 is 0 Å². The maximum absolute atomic E-state index is 12.6. The molecular weight excluding hydrogens is 335 g/mol. The van der Waals surface area contributed by atoms with Crippen LogP contribution in [0, 0.1) is 0 Å². The summed E-state index contributed by atoms with van der Waals surface area (Å²) in [5.74, 6) is -0.388. The number of phenolic OH excluding ortho intramolecular Hbond substituents is 1. The third-order valence-corrected chi connectivity index (χ3v) is 3.28. The van der Waals surface area contributed by atoms with Gasteiger partial charge in [-0.1, -0.05) is 6.07 Å². The standard InChI is InChI=1S/C17H16F3N3O2/c1-11(12-5-7-15(24)8-6-12)22-23-16(25)10-21-14-4-2-3-13(9-14)17(18,19)20/h2-9,21,24H,10H2,1H3,(H,23,25). The molecule has 3 N–H and O–H groups in total. The number of hydrogen-bond acceptors (Lipinski definition) is 4. The number of carbonyl (C=O) groups excluding carboxylic acids is 1. The van der Waals surface area contributed by atoms with Crippen LogP contribution in [0.25, 0.3) is 0 Å². The van der Waals surface area contributed by atoms with Gasteiger partial charge in [-0.15, -0.1) is 0 Å². The van der Waals surface area contributed by atoms with E-state index >= 15 is 0 Å². The fourth-order valence-electron chi connectivity index (χ4n) is 1.94. The van der Waals surface area contributed by atoms with Gasteiger partial charge in [-0.25, -0.2) is 5.43 Å². The summed E-state index contributed by atoms with van der Waals surface area (Å²) < 4.78 is 37.9. The number of rotatable bonds is 5. The summed E-state index contributed by atoms with van der Waals surface area (Å²) in [5, 5.41) is 15.7. The van der Waals surface area contributed by atoms with E-state index < -0.39 is 17.6 Å². The minimum Gasteiger partial charge on any atom is -0.508 e. The average molecular weight is 351 g/mol. The van der Waals surface area contributed by atoms with Gasteiger partial charge in [0, 0.05) is 5.69 Å². The summed E-state index contributed by atoms with van der Waals surface area (Å²) in [6.45, 7) is 1.45. The monoisotopic (exact) mass is 351 g/mol. The molecule has 0 heterocycles. The molecule has 0 bridgehead atoms. The second-order valence-corrected chi connectivity index (χ2v) is 5.21. The molecule has 0 saturated carbocycles. The van der Waals surface area contributed by atoms with Crippen molar-refractivity contribution >= 4 is 17.3 Å². The summed E-state index contributed by atoms with van der Waals surface area (Å²) in [4.78, 5) is 11.7. The molecule has 2 aromatic rings. The van der Waals surface area contributed by atoms with Crippen LogP contribution in [0.15, 0.2) is 53.6 Å². The number of nitrogens with zero attached hydrogens (tertiary/aromatic N) is 1. The van der Waals surface area contributed by atoms with Crippen LogP contribution in [0.2, 0.25) is 0 Å². The molecular formula is C17H16F3N3O2. The van der Waals surface area contributed by atoms with E-state index in [9.17, 15) is 23.1 Å². The Hall–Kier alpha value is -3.03. The zero-order valence-corrected chi connectivity index (χ0v) is 13.3. The van der Waals surface area contributed by atoms with Crippen LogP contribution in [0.5, 0.6) is 5.75 Å². The molecule has 0 aliphatic rings. The molecule has 0 unspecified atom stereocenters. The van der Waals surface area contributed by atoms with Gasteiger partial charge in [0.2, 0.25) is 0 Å². The first-order chi connectivity index (χ1) is 11.8. The van der Waals surface area contributed by atoms with Gasteiger partial charge in [0.25, 0.3) is 5.91 Å². The van der Waals surface area contributed by atoms with Gasteiger partial charge in [-0.05, 0) is 55.0 Å². The largest absolute Gasteiger partial charge is 0.508 e. The van der Waals surface area contributed by atoms with Gasteiger partial charge in [-0.3, -0.25) is 4.79 Å². The van der Waals surface area contributed by atoms with Crippen molar-refractivity contribution in [3.63, 3.8) is 0 Å². The van der Waals surface area contributed by atoms with Gasteiger partial charge in [-0.2, -0.15) is 18.3 Å². The molecule has 0 spiro atoms. The van der Waals surface area contributed by atoms with Crippen molar-refractivity contribution in [1.29, 1.82) is 0 Å². The van der Waals surface area contributed by atoms with Crippen LogP contribution in [0.1, 0.15) is 18.1 Å². The number of carbonyl (C=O) groups is 1. The molecule has 2 rings (SSSR count). The number of amides is 1. The molecule has 0 aromatic heterocycles. The summed E-state index contributed by atoms with van der Waals surface area (Å²) in [5.41, 5.74) is 2.94. The Bertz CT molecular complexity index is 771. The van der Waals surface area contributed by atoms with Crippen LogP contribution in [0.3, 0.4) is 0 Å². The minimum atomic E-state index is -4.44. The van der Waals surface area contributed by atoms with Gasteiger partial charge < -0.3 is 10.4 Å². The second-order valence-electron chi connectivity index (χ2n) is 5.21. The third kappa shape index (κ3) is 5.52. The first kappa shape index (κ1) is 18.3. The highest BCUT2D eigenvalue weighted by molar-refractivity contribution is 5.99. The molecule has 0 atom stereocenters. The summed E-state index contributed by atoms with van der Waals surface area (Å²) in [6.07, 6.45) is -4.44. The molecule has 5 nitrogen and oxygen atoms in total. The molecule has 1 amide bonds. The lowest BCUT2D eigenvalue weighted by Crippen LogP contribution is -2.26. The zero-order chi connectivity index (χ0) is 18.4. The first-order valence-electron chi connectivity index (χ1n) is 7.29. The van der Waals surface area contributed by atoms with Crippen LogP contribution in [-0.4, -0.2) is 23.3 Å². The molecule has 0 fully saturated rings. The molecule has 2 aromatic carbocycles. The van der Waals surface area contributed by atoms with Crippen LogP contribution < -0.4 is 10.7 Å². The van der Waals surface area contributed by atoms with Gasteiger partial charge in [0.05, 0.1) is 17.8 Å². The predicted molar refractivity (Wildman–Crippen MR) is 88.4 cm³/mol. The number of aromatic hydroxyl groups is 1. The fraction of sp³-hybridized carbons (Fsp3) is 0.176. The molecule has 0 radical (unpaired) electrons. The quantitative estimate of drug-likeness (QED) is 0.571. The lowest BCUT2D eigenvalue weighted by Gasteiger charge is -2.10. The molecule has 132 valence electrons. The lowest BCUT2D eigenvalue weighted by molar-refractivity contribution is -0.137. The average Bonchev–Trinajstić information content (AvgIpc) is 2.58. The SMILES string of the molecule is CC(=NNC(=O)CNc1cccc(C(F)(F)F)c1)c1ccc(O)cc1. The molecule has 0 aliphatic carbocycles. The summed E-state index contributed by atoms with van der Waals surface area (Å²) in [7, 11) is 0. The number of anilines is 1. The summed E-state index contributed by atoms with van der Waals surface area (Å²) >= 11 is 0. The normalized spacial score (nSPS) is 11.9. The van der Waals surface area contributed by atoms with Crippen molar-refractivity contribution in [1.82, 2.24) is 5.43 Å².